The molecule has 0 bridgehead atoms. The van der Waals surface area contributed by atoms with Gasteiger partial charge in [-0.05, 0) is 30.9 Å². The molecular formula is C22H28N4O3. The zero-order chi connectivity index (χ0) is 20.8. The Labute approximate surface area is 171 Å². The van der Waals surface area contributed by atoms with Crippen molar-refractivity contribution in [2.45, 2.75) is 45.4 Å². The van der Waals surface area contributed by atoms with Gasteiger partial charge in [-0.3, -0.25) is 14.6 Å². The lowest BCUT2D eigenvalue weighted by Crippen LogP contribution is -2.44. The van der Waals surface area contributed by atoms with Gasteiger partial charge in [0.25, 0.3) is 5.91 Å². The number of hydrogen-bond acceptors (Lipinski definition) is 5. The van der Waals surface area contributed by atoms with E-state index in [0.29, 0.717) is 25.4 Å². The maximum absolute atomic E-state index is 12.9. The number of nitrogens with zero attached hydrogens (tertiary/aromatic N) is 4. The summed E-state index contributed by atoms with van der Waals surface area (Å²) in [6.07, 6.45) is 6.11. The Morgan fingerprint density at radius 2 is 1.97 bits per heavy atom. The van der Waals surface area contributed by atoms with Crippen LogP contribution in [-0.2, 0) is 16.1 Å². The standard InChI is InChI=1S/C22H28N4O3/c1-4-26(22(28)20-14-23-10-11-24-20)19-9-12-29-21(13-19)18-7-5-17(6-8-18)15-25(3)16(2)27/h5-8,10-11,14,19,21H,4,9,12-13,15H2,1-3H3/t19-,21+/m1/s1. The lowest BCUT2D eigenvalue weighted by atomic mass is 9.95. The molecule has 1 saturated heterocycles. The molecule has 2 amide bonds. The van der Waals surface area contributed by atoms with E-state index in [1.54, 1.807) is 31.3 Å². The van der Waals surface area contributed by atoms with E-state index >= 15 is 0 Å². The first-order valence-electron chi connectivity index (χ1n) is 9.98. The van der Waals surface area contributed by atoms with E-state index in [-0.39, 0.29) is 24.0 Å². The van der Waals surface area contributed by atoms with Crippen LogP contribution in [0.5, 0.6) is 0 Å². The van der Waals surface area contributed by atoms with E-state index in [4.69, 9.17) is 4.74 Å². The average molecular weight is 396 g/mol. The summed E-state index contributed by atoms with van der Waals surface area (Å²) in [4.78, 5) is 36.0. The van der Waals surface area contributed by atoms with Gasteiger partial charge in [0.1, 0.15) is 5.69 Å². The van der Waals surface area contributed by atoms with Crippen molar-refractivity contribution < 1.29 is 14.3 Å². The maximum Gasteiger partial charge on any atom is 0.274 e. The van der Waals surface area contributed by atoms with Crippen LogP contribution in [0.3, 0.4) is 0 Å². The highest BCUT2D eigenvalue weighted by atomic mass is 16.5. The highest BCUT2D eigenvalue weighted by Gasteiger charge is 2.31. The van der Waals surface area contributed by atoms with Crippen molar-refractivity contribution in [1.29, 1.82) is 0 Å². The predicted octanol–water partition coefficient (Wildman–Crippen LogP) is 2.84. The minimum absolute atomic E-state index is 0.0416. The Kier molecular flexibility index (Phi) is 6.93. The molecule has 1 aromatic heterocycles. The van der Waals surface area contributed by atoms with Crippen molar-refractivity contribution in [3.05, 3.63) is 59.7 Å². The Morgan fingerprint density at radius 1 is 1.21 bits per heavy atom. The van der Waals surface area contributed by atoms with Crippen LogP contribution >= 0.6 is 0 Å². The van der Waals surface area contributed by atoms with Crippen LogP contribution < -0.4 is 0 Å². The molecule has 7 nitrogen and oxygen atoms in total. The van der Waals surface area contributed by atoms with E-state index in [9.17, 15) is 9.59 Å². The Balaban J connectivity index is 1.68. The minimum Gasteiger partial charge on any atom is -0.373 e. The van der Waals surface area contributed by atoms with Crippen LogP contribution in [0.4, 0.5) is 0 Å². The number of carbonyl (C=O) groups excluding carboxylic acids is 2. The molecule has 2 atom stereocenters. The maximum atomic E-state index is 12.9. The van der Waals surface area contributed by atoms with Crippen molar-refractivity contribution in [1.82, 2.24) is 19.8 Å². The number of aromatic nitrogens is 2. The van der Waals surface area contributed by atoms with E-state index in [1.807, 2.05) is 24.0 Å². The minimum atomic E-state index is -0.0890. The summed E-state index contributed by atoms with van der Waals surface area (Å²) in [5, 5.41) is 0. The van der Waals surface area contributed by atoms with E-state index in [1.165, 1.54) is 6.20 Å². The van der Waals surface area contributed by atoms with Gasteiger partial charge in [-0.25, -0.2) is 4.98 Å². The fourth-order valence-electron chi connectivity index (χ4n) is 3.64. The summed E-state index contributed by atoms with van der Waals surface area (Å²) in [5.74, 6) is -0.0474. The topological polar surface area (TPSA) is 75.6 Å². The normalized spacial score (nSPS) is 18.9. The number of rotatable bonds is 6. The van der Waals surface area contributed by atoms with Gasteiger partial charge >= 0.3 is 0 Å². The SMILES string of the molecule is CCN(C(=O)c1cnccn1)[C@@H]1CCO[C@H](c2ccc(CN(C)C(C)=O)cc2)C1. The number of amides is 2. The second-order valence-electron chi connectivity index (χ2n) is 7.34. The third kappa shape index (κ3) is 5.17. The quantitative estimate of drug-likeness (QED) is 0.751. The van der Waals surface area contributed by atoms with Gasteiger partial charge in [-0.2, -0.15) is 0 Å². The van der Waals surface area contributed by atoms with Crippen molar-refractivity contribution >= 4 is 11.8 Å². The summed E-state index contributed by atoms with van der Waals surface area (Å²) in [5.41, 5.74) is 2.54. The van der Waals surface area contributed by atoms with Crippen LogP contribution in [0.25, 0.3) is 0 Å². The van der Waals surface area contributed by atoms with Crippen LogP contribution in [0.15, 0.2) is 42.9 Å². The number of benzene rings is 1. The first kappa shape index (κ1) is 20.9. The van der Waals surface area contributed by atoms with Crippen molar-refractivity contribution in [3.8, 4) is 0 Å². The summed E-state index contributed by atoms with van der Waals surface area (Å²) >= 11 is 0. The number of ether oxygens (including phenoxy) is 1. The molecule has 0 aliphatic carbocycles. The number of carbonyl (C=O) groups is 2. The molecule has 0 radical (unpaired) electrons. The smallest absolute Gasteiger partial charge is 0.274 e. The largest absolute Gasteiger partial charge is 0.373 e. The lowest BCUT2D eigenvalue weighted by molar-refractivity contribution is -0.128. The molecular weight excluding hydrogens is 368 g/mol. The second kappa shape index (κ2) is 9.60. The Morgan fingerprint density at radius 3 is 2.59 bits per heavy atom. The fourth-order valence-corrected chi connectivity index (χ4v) is 3.64. The molecule has 0 saturated carbocycles. The molecule has 7 heteroatoms. The molecule has 1 aliphatic heterocycles. The molecule has 3 rings (SSSR count). The molecule has 0 spiro atoms. The van der Waals surface area contributed by atoms with Crippen LogP contribution in [0.2, 0.25) is 0 Å². The number of hydrogen-bond donors (Lipinski definition) is 0. The highest BCUT2D eigenvalue weighted by Crippen LogP contribution is 2.31. The van der Waals surface area contributed by atoms with Crippen molar-refractivity contribution in [3.63, 3.8) is 0 Å². The van der Waals surface area contributed by atoms with Crippen LogP contribution in [0.1, 0.15) is 54.4 Å². The monoisotopic (exact) mass is 396 g/mol. The van der Waals surface area contributed by atoms with Crippen LogP contribution in [-0.4, -0.2) is 57.8 Å². The molecule has 1 aromatic carbocycles. The molecule has 1 aliphatic rings. The van der Waals surface area contributed by atoms with E-state index in [2.05, 4.69) is 22.1 Å². The fraction of sp³-hybridized carbons (Fsp3) is 0.455. The van der Waals surface area contributed by atoms with Gasteiger partial charge in [0.05, 0.1) is 12.3 Å². The third-order valence-electron chi connectivity index (χ3n) is 5.39. The van der Waals surface area contributed by atoms with Gasteiger partial charge in [0.2, 0.25) is 5.91 Å². The second-order valence-corrected chi connectivity index (χ2v) is 7.34. The molecule has 0 N–H and O–H groups in total. The molecule has 0 unspecified atom stereocenters. The van der Waals surface area contributed by atoms with Crippen molar-refractivity contribution in [2.75, 3.05) is 20.2 Å². The highest BCUT2D eigenvalue weighted by molar-refractivity contribution is 5.92. The van der Waals surface area contributed by atoms with Gasteiger partial charge in [-0.1, -0.05) is 24.3 Å². The predicted molar refractivity (Wildman–Crippen MR) is 109 cm³/mol. The summed E-state index contributed by atoms with van der Waals surface area (Å²) < 4.78 is 6.00. The van der Waals surface area contributed by atoms with Gasteiger partial charge < -0.3 is 14.5 Å². The third-order valence-corrected chi connectivity index (χ3v) is 5.39. The lowest BCUT2D eigenvalue weighted by Gasteiger charge is -2.37. The van der Waals surface area contributed by atoms with Crippen molar-refractivity contribution in [2.24, 2.45) is 0 Å². The van der Waals surface area contributed by atoms with E-state index < -0.39 is 0 Å². The first-order valence-corrected chi connectivity index (χ1v) is 9.98. The molecule has 154 valence electrons. The summed E-state index contributed by atoms with van der Waals surface area (Å²) in [6, 6.07) is 8.26. The van der Waals surface area contributed by atoms with Gasteiger partial charge in [0, 0.05) is 52.1 Å². The average Bonchev–Trinajstić information content (AvgIpc) is 2.75. The zero-order valence-corrected chi connectivity index (χ0v) is 17.2. The van der Waals surface area contributed by atoms with Crippen LogP contribution in [0, 0.1) is 0 Å². The molecule has 1 fully saturated rings. The summed E-state index contributed by atoms with van der Waals surface area (Å²) in [7, 11) is 1.79. The van der Waals surface area contributed by atoms with Gasteiger partial charge in [-0.15, -0.1) is 0 Å². The molecule has 2 heterocycles. The molecule has 29 heavy (non-hydrogen) atoms. The van der Waals surface area contributed by atoms with E-state index in [0.717, 1.165) is 24.0 Å². The zero-order valence-electron chi connectivity index (χ0n) is 17.2. The Hall–Kier alpha value is -2.80. The first-order chi connectivity index (χ1) is 14.0. The summed E-state index contributed by atoms with van der Waals surface area (Å²) in [6.45, 7) is 5.35. The van der Waals surface area contributed by atoms with Gasteiger partial charge in [0.15, 0.2) is 0 Å². The molecule has 2 aromatic rings. The Bertz CT molecular complexity index is 826.